The van der Waals surface area contributed by atoms with Gasteiger partial charge in [-0.3, -0.25) is 4.79 Å². The van der Waals surface area contributed by atoms with Crippen LogP contribution in [0.2, 0.25) is 0 Å². The summed E-state index contributed by atoms with van der Waals surface area (Å²) >= 11 is 1.24. The zero-order valence-electron chi connectivity index (χ0n) is 7.12. The molecule has 1 amide bonds. The van der Waals surface area contributed by atoms with E-state index in [1.807, 2.05) is 0 Å². The van der Waals surface area contributed by atoms with Crippen LogP contribution in [-0.4, -0.2) is 29.6 Å². The van der Waals surface area contributed by atoms with Crippen LogP contribution in [0.3, 0.4) is 0 Å². The number of rotatable bonds is 3. The maximum atomic E-state index is 11.1. The lowest BCUT2D eigenvalue weighted by Crippen LogP contribution is -2.37. The zero-order valence-corrected chi connectivity index (χ0v) is 7.93. The van der Waals surface area contributed by atoms with E-state index in [2.05, 4.69) is 16.6 Å². The monoisotopic (exact) mass is 201 g/mol. The van der Waals surface area contributed by atoms with E-state index in [-0.39, 0.29) is 17.8 Å². The van der Waals surface area contributed by atoms with E-state index in [9.17, 15) is 9.59 Å². The van der Waals surface area contributed by atoms with Gasteiger partial charge in [-0.05, 0) is 6.42 Å². The van der Waals surface area contributed by atoms with Crippen LogP contribution in [0, 0.1) is 0 Å². The Bertz CT molecular complexity index is 229. The van der Waals surface area contributed by atoms with Crippen LogP contribution in [0.5, 0.6) is 0 Å². The van der Waals surface area contributed by atoms with Crippen molar-refractivity contribution in [2.45, 2.75) is 12.5 Å². The molecule has 0 radical (unpaired) electrons. The van der Waals surface area contributed by atoms with Crippen LogP contribution < -0.4 is 5.32 Å². The molecule has 1 aliphatic heterocycles. The van der Waals surface area contributed by atoms with Gasteiger partial charge >= 0.3 is 6.09 Å². The second-order valence-corrected chi connectivity index (χ2v) is 3.64. The van der Waals surface area contributed by atoms with Crippen molar-refractivity contribution in [3.05, 3.63) is 12.7 Å². The fourth-order valence-corrected chi connectivity index (χ4v) is 1.88. The van der Waals surface area contributed by atoms with E-state index in [1.165, 1.54) is 17.8 Å². The fraction of sp³-hybridized carbons (Fsp3) is 0.500. The first-order valence-corrected chi connectivity index (χ1v) is 4.93. The first kappa shape index (κ1) is 10.1. The summed E-state index contributed by atoms with van der Waals surface area (Å²) in [4.78, 5) is 22.0. The predicted octanol–water partition coefficient (Wildman–Crippen LogP) is 0.931. The molecule has 0 aromatic heterocycles. The summed E-state index contributed by atoms with van der Waals surface area (Å²) in [6, 6.07) is -0.373. The molecule has 5 heteroatoms. The van der Waals surface area contributed by atoms with Gasteiger partial charge in [0.1, 0.15) is 12.6 Å². The molecule has 1 N–H and O–H groups in total. The molecule has 1 atom stereocenters. The Morgan fingerprint density at radius 1 is 1.85 bits per heavy atom. The van der Waals surface area contributed by atoms with Gasteiger partial charge in [-0.15, -0.1) is 0 Å². The van der Waals surface area contributed by atoms with Crippen LogP contribution >= 0.6 is 11.8 Å². The molecule has 13 heavy (non-hydrogen) atoms. The molecular formula is C8H11NO3S. The highest BCUT2D eigenvalue weighted by Crippen LogP contribution is 2.19. The third kappa shape index (κ3) is 3.10. The van der Waals surface area contributed by atoms with Gasteiger partial charge < -0.3 is 10.1 Å². The molecule has 0 aromatic carbocycles. The van der Waals surface area contributed by atoms with Crippen molar-refractivity contribution >= 4 is 23.0 Å². The molecule has 1 unspecified atom stereocenters. The molecule has 1 saturated heterocycles. The zero-order chi connectivity index (χ0) is 9.68. The number of alkyl carbamates (subject to hydrolysis) is 1. The summed E-state index contributed by atoms with van der Waals surface area (Å²) in [5, 5.41) is 2.49. The van der Waals surface area contributed by atoms with Gasteiger partial charge in [0.2, 0.25) is 5.12 Å². The van der Waals surface area contributed by atoms with Gasteiger partial charge in [-0.25, -0.2) is 4.79 Å². The second-order valence-electron chi connectivity index (χ2n) is 2.54. The molecule has 0 saturated carbocycles. The van der Waals surface area contributed by atoms with Crippen molar-refractivity contribution in [2.24, 2.45) is 0 Å². The minimum absolute atomic E-state index is 0.00977. The number of carbonyl (C=O) groups is 2. The summed E-state index contributed by atoms with van der Waals surface area (Å²) in [6.45, 7) is 3.57. The van der Waals surface area contributed by atoms with Crippen LogP contribution in [0.1, 0.15) is 6.42 Å². The van der Waals surface area contributed by atoms with Crippen molar-refractivity contribution in [1.29, 1.82) is 0 Å². The van der Waals surface area contributed by atoms with Crippen molar-refractivity contribution in [2.75, 3.05) is 12.4 Å². The molecular weight excluding hydrogens is 190 g/mol. The van der Waals surface area contributed by atoms with Crippen molar-refractivity contribution < 1.29 is 14.3 Å². The Morgan fingerprint density at radius 3 is 3.15 bits per heavy atom. The largest absolute Gasteiger partial charge is 0.445 e. The summed E-state index contributed by atoms with van der Waals surface area (Å²) in [6.07, 6.45) is 1.61. The van der Waals surface area contributed by atoms with E-state index < -0.39 is 6.09 Å². The van der Waals surface area contributed by atoms with Crippen LogP contribution in [0.4, 0.5) is 4.79 Å². The number of hydrogen-bond donors (Lipinski definition) is 1. The lowest BCUT2D eigenvalue weighted by molar-refractivity contribution is -0.112. The fourth-order valence-electron chi connectivity index (χ4n) is 0.945. The molecule has 0 bridgehead atoms. The molecule has 1 rings (SSSR count). The van der Waals surface area contributed by atoms with Gasteiger partial charge in [0, 0.05) is 5.75 Å². The lowest BCUT2D eigenvalue weighted by Gasteiger charge is -2.09. The average molecular weight is 201 g/mol. The predicted molar refractivity (Wildman–Crippen MR) is 50.6 cm³/mol. The number of thioether (sulfide) groups is 1. The van der Waals surface area contributed by atoms with Gasteiger partial charge in [0.15, 0.2) is 0 Å². The topological polar surface area (TPSA) is 55.4 Å². The summed E-state index contributed by atoms with van der Waals surface area (Å²) in [7, 11) is 0. The quantitative estimate of drug-likeness (QED) is 0.690. The Kier molecular flexibility index (Phi) is 3.82. The van der Waals surface area contributed by atoms with Gasteiger partial charge in [-0.2, -0.15) is 0 Å². The van der Waals surface area contributed by atoms with E-state index in [0.29, 0.717) is 6.42 Å². The highest BCUT2D eigenvalue weighted by molar-refractivity contribution is 8.14. The number of ether oxygens (including phenoxy) is 1. The van der Waals surface area contributed by atoms with E-state index >= 15 is 0 Å². The summed E-state index contributed by atoms with van der Waals surface area (Å²) in [5.74, 6) is 0.769. The second kappa shape index (κ2) is 4.91. The third-order valence-corrected chi connectivity index (χ3v) is 2.57. The molecule has 0 spiro atoms. The van der Waals surface area contributed by atoms with Gasteiger partial charge in [-0.1, -0.05) is 24.4 Å². The molecule has 0 aromatic rings. The summed E-state index contributed by atoms with van der Waals surface area (Å²) in [5.41, 5.74) is 0. The first-order chi connectivity index (χ1) is 6.24. The standard InChI is InChI=1S/C8H11NO3S/c1-2-4-12-8(11)9-6-3-5-13-7(6)10/h2,6H,1,3-5H2,(H,9,11). The molecule has 72 valence electrons. The van der Waals surface area contributed by atoms with Crippen LogP contribution in [0.15, 0.2) is 12.7 Å². The van der Waals surface area contributed by atoms with Crippen molar-refractivity contribution in [1.82, 2.24) is 5.32 Å². The minimum Gasteiger partial charge on any atom is -0.445 e. The molecule has 4 nitrogen and oxygen atoms in total. The number of hydrogen-bond acceptors (Lipinski definition) is 4. The lowest BCUT2D eigenvalue weighted by atomic mass is 10.3. The van der Waals surface area contributed by atoms with Gasteiger partial charge in [0.05, 0.1) is 0 Å². The van der Waals surface area contributed by atoms with Crippen LogP contribution in [-0.2, 0) is 9.53 Å². The van der Waals surface area contributed by atoms with Crippen molar-refractivity contribution in [3.63, 3.8) is 0 Å². The number of amides is 1. The minimum atomic E-state index is -0.555. The SMILES string of the molecule is C=CCOC(=O)NC1CCSC1=O. The van der Waals surface area contributed by atoms with E-state index in [1.54, 1.807) is 0 Å². The average Bonchev–Trinajstić information content (AvgIpc) is 2.48. The Labute approximate surface area is 80.7 Å². The molecule has 1 aliphatic rings. The normalized spacial score (nSPS) is 21.2. The Balaban J connectivity index is 2.26. The highest BCUT2D eigenvalue weighted by Gasteiger charge is 2.26. The highest BCUT2D eigenvalue weighted by atomic mass is 32.2. The first-order valence-electron chi connectivity index (χ1n) is 3.95. The molecule has 0 aliphatic carbocycles. The molecule has 1 fully saturated rings. The van der Waals surface area contributed by atoms with Gasteiger partial charge in [0.25, 0.3) is 0 Å². The van der Waals surface area contributed by atoms with Crippen molar-refractivity contribution in [3.8, 4) is 0 Å². The van der Waals surface area contributed by atoms with E-state index in [4.69, 9.17) is 0 Å². The maximum Gasteiger partial charge on any atom is 0.408 e. The maximum absolute atomic E-state index is 11.1. The summed E-state index contributed by atoms with van der Waals surface area (Å²) < 4.78 is 4.67. The molecule has 1 heterocycles. The third-order valence-electron chi connectivity index (χ3n) is 1.56. The number of nitrogens with one attached hydrogen (secondary N) is 1. The Hall–Kier alpha value is -0.970. The van der Waals surface area contributed by atoms with E-state index in [0.717, 1.165) is 5.75 Å². The Morgan fingerprint density at radius 2 is 2.62 bits per heavy atom. The van der Waals surface area contributed by atoms with Crippen LogP contribution in [0.25, 0.3) is 0 Å². The number of carbonyl (C=O) groups excluding carboxylic acids is 2. The smallest absolute Gasteiger partial charge is 0.408 e.